The number of nitrogens with one attached hydrogen (secondary N) is 1. The molecule has 1 unspecified atom stereocenters. The van der Waals surface area contributed by atoms with Gasteiger partial charge in [-0.2, -0.15) is 0 Å². The van der Waals surface area contributed by atoms with E-state index in [1.807, 2.05) is 0 Å². The van der Waals surface area contributed by atoms with Crippen molar-refractivity contribution in [1.29, 1.82) is 0 Å². The molecule has 0 aliphatic carbocycles. The highest BCUT2D eigenvalue weighted by atomic mass is 15.1. The predicted octanol–water partition coefficient (Wildman–Crippen LogP) is 12.6. The monoisotopic (exact) mass is 641 g/mol. The molecule has 1 aliphatic rings. The van der Waals surface area contributed by atoms with Gasteiger partial charge in [0.2, 0.25) is 0 Å². The molecule has 1 atom stereocenters. The number of benzene rings is 7. The van der Waals surface area contributed by atoms with Gasteiger partial charge in [-0.25, -0.2) is 0 Å². The maximum absolute atomic E-state index is 3.99. The highest BCUT2D eigenvalue weighted by Gasteiger charge is 2.26. The largest absolute Gasteiger partial charge is 0.372 e. The van der Waals surface area contributed by atoms with Crippen molar-refractivity contribution in [3.05, 3.63) is 205 Å². The van der Waals surface area contributed by atoms with Gasteiger partial charge in [0.15, 0.2) is 0 Å². The van der Waals surface area contributed by atoms with Crippen molar-refractivity contribution in [2.45, 2.75) is 6.04 Å². The maximum atomic E-state index is 3.99. The zero-order valence-electron chi connectivity index (χ0n) is 27.5. The van der Waals surface area contributed by atoms with Crippen molar-refractivity contribution in [2.24, 2.45) is 0 Å². The fourth-order valence-electron chi connectivity index (χ4n) is 7.24. The van der Waals surface area contributed by atoms with E-state index in [2.05, 4.69) is 215 Å². The Labute approximate surface area is 293 Å². The first kappa shape index (κ1) is 29.6. The molecule has 3 nitrogen and oxygen atoms in total. The molecule has 1 N–H and O–H groups in total. The van der Waals surface area contributed by atoms with Crippen molar-refractivity contribution >= 4 is 39.7 Å². The minimum Gasteiger partial charge on any atom is -0.372 e. The van der Waals surface area contributed by atoms with Gasteiger partial charge in [0.25, 0.3) is 0 Å². The van der Waals surface area contributed by atoms with Crippen LogP contribution in [0.4, 0.5) is 22.7 Å². The number of hydrogen-bond donors (Lipinski definition) is 1. The average Bonchev–Trinajstić information content (AvgIpc) is 3.53. The van der Waals surface area contributed by atoms with E-state index >= 15 is 0 Å². The van der Waals surface area contributed by atoms with Crippen LogP contribution in [0.2, 0.25) is 0 Å². The van der Waals surface area contributed by atoms with Crippen molar-refractivity contribution in [3.63, 3.8) is 0 Å². The van der Waals surface area contributed by atoms with Crippen LogP contribution in [0.1, 0.15) is 17.3 Å². The van der Waals surface area contributed by atoms with Crippen LogP contribution in [0.5, 0.6) is 0 Å². The summed E-state index contributed by atoms with van der Waals surface area (Å²) in [5, 5.41) is 5.20. The molecule has 0 saturated heterocycles. The Balaban J connectivity index is 1.18. The number of hydrogen-bond acceptors (Lipinski definition) is 2. The Bertz CT molecular complexity index is 2380. The lowest BCUT2D eigenvalue weighted by Crippen LogP contribution is -2.13. The molecule has 8 aromatic rings. The Morgan fingerprint density at radius 3 is 1.60 bits per heavy atom. The fraction of sp³-hybridized carbons (Fsp3) is 0.0213. The molecule has 9 rings (SSSR count). The first-order valence-corrected chi connectivity index (χ1v) is 17.2. The van der Waals surface area contributed by atoms with Crippen LogP contribution >= 0.6 is 0 Å². The number of rotatable bonds is 7. The molecule has 0 bridgehead atoms. The number of para-hydroxylation sites is 3. The third kappa shape index (κ3) is 5.35. The normalized spacial score (nSPS) is 13.5. The summed E-state index contributed by atoms with van der Waals surface area (Å²) in [6.07, 6.45) is 4.59. The van der Waals surface area contributed by atoms with Crippen LogP contribution in [-0.2, 0) is 0 Å². The number of fused-ring (bicyclic) bond motifs is 3. The van der Waals surface area contributed by atoms with E-state index in [0.717, 1.165) is 34.1 Å². The average molecular weight is 642 g/mol. The second-order valence-corrected chi connectivity index (χ2v) is 12.7. The molecule has 1 aromatic heterocycles. The predicted molar refractivity (Wildman–Crippen MR) is 211 cm³/mol. The zero-order chi connectivity index (χ0) is 33.3. The molecule has 0 spiro atoms. The highest BCUT2D eigenvalue weighted by Crippen LogP contribution is 2.46. The summed E-state index contributed by atoms with van der Waals surface area (Å²) in [7, 11) is 0. The molecular formula is C47H35N3. The second kappa shape index (κ2) is 12.8. The topological polar surface area (TPSA) is 20.2 Å². The lowest BCUT2D eigenvalue weighted by molar-refractivity contribution is 0.968. The lowest BCUT2D eigenvalue weighted by atomic mass is 9.95. The molecule has 0 fully saturated rings. The minimum absolute atomic E-state index is 0.00818. The Morgan fingerprint density at radius 1 is 0.480 bits per heavy atom. The van der Waals surface area contributed by atoms with Gasteiger partial charge in [-0.1, -0.05) is 133 Å². The second-order valence-electron chi connectivity index (χ2n) is 12.7. The lowest BCUT2D eigenvalue weighted by Gasteiger charge is -2.26. The van der Waals surface area contributed by atoms with Crippen LogP contribution in [0, 0.1) is 0 Å². The molecule has 3 heteroatoms. The van der Waals surface area contributed by atoms with E-state index in [0.29, 0.717) is 0 Å². The summed E-state index contributed by atoms with van der Waals surface area (Å²) < 4.78 is 2.42. The summed E-state index contributed by atoms with van der Waals surface area (Å²) in [5.41, 5.74) is 14.0. The van der Waals surface area contributed by atoms with Crippen molar-refractivity contribution in [1.82, 2.24) is 4.57 Å². The third-order valence-electron chi connectivity index (χ3n) is 9.59. The van der Waals surface area contributed by atoms with E-state index in [1.165, 1.54) is 38.7 Å². The van der Waals surface area contributed by atoms with Gasteiger partial charge in [-0.05, 0) is 89.0 Å². The summed E-state index contributed by atoms with van der Waals surface area (Å²) >= 11 is 0. The number of nitrogens with zero attached hydrogens (tertiary/aromatic N) is 2. The highest BCUT2D eigenvalue weighted by molar-refractivity contribution is 6.09. The van der Waals surface area contributed by atoms with E-state index in [1.54, 1.807) is 0 Å². The third-order valence-corrected chi connectivity index (χ3v) is 9.59. The smallest absolute Gasteiger partial charge is 0.0702 e. The fourth-order valence-corrected chi connectivity index (χ4v) is 7.24. The van der Waals surface area contributed by atoms with Crippen LogP contribution in [0.3, 0.4) is 0 Å². The molecule has 50 heavy (non-hydrogen) atoms. The standard InChI is InChI=1S/C47H35N3/c1-6-16-34(17-7-1)37-32-42(35-18-8-2-9-19-35)47-43(33-37)46-45(50(47)40-24-14-5-15-25-40)31-30-44(48-46)36-26-28-41(29-27-36)49(38-20-10-3-11-21-38)39-22-12-4-13-23-39/h1-33,44,48H. The summed E-state index contributed by atoms with van der Waals surface area (Å²) in [6.45, 7) is 0. The van der Waals surface area contributed by atoms with Gasteiger partial charge >= 0.3 is 0 Å². The Hall–Kier alpha value is -6.58. The first-order valence-electron chi connectivity index (χ1n) is 17.2. The molecule has 0 saturated carbocycles. The summed E-state index contributed by atoms with van der Waals surface area (Å²) in [5.74, 6) is 0. The number of aromatic nitrogens is 1. The van der Waals surface area contributed by atoms with Gasteiger partial charge in [0.1, 0.15) is 0 Å². The van der Waals surface area contributed by atoms with Gasteiger partial charge in [-0.15, -0.1) is 0 Å². The first-order chi connectivity index (χ1) is 24.8. The summed E-state index contributed by atoms with van der Waals surface area (Å²) in [6, 6.07) is 67.0. The van der Waals surface area contributed by atoms with E-state index < -0.39 is 0 Å². The van der Waals surface area contributed by atoms with E-state index in [9.17, 15) is 0 Å². The van der Waals surface area contributed by atoms with Crippen molar-refractivity contribution in [2.75, 3.05) is 10.2 Å². The van der Waals surface area contributed by atoms with Gasteiger partial charge in [0.05, 0.1) is 22.9 Å². The molecule has 238 valence electrons. The Kier molecular flexibility index (Phi) is 7.56. The Morgan fingerprint density at radius 2 is 1.00 bits per heavy atom. The summed E-state index contributed by atoms with van der Waals surface area (Å²) in [4.78, 5) is 2.30. The molecule has 0 radical (unpaired) electrons. The molecule has 7 aromatic carbocycles. The molecule has 1 aliphatic heterocycles. The van der Waals surface area contributed by atoms with Crippen molar-refractivity contribution in [3.8, 4) is 27.9 Å². The van der Waals surface area contributed by atoms with E-state index in [-0.39, 0.29) is 6.04 Å². The zero-order valence-corrected chi connectivity index (χ0v) is 27.5. The maximum Gasteiger partial charge on any atom is 0.0702 e. The molecule has 0 amide bonds. The van der Waals surface area contributed by atoms with Crippen molar-refractivity contribution < 1.29 is 0 Å². The molecule has 2 heterocycles. The quantitative estimate of drug-likeness (QED) is 0.187. The number of anilines is 4. The van der Waals surface area contributed by atoms with Gasteiger partial charge < -0.3 is 14.8 Å². The van der Waals surface area contributed by atoms with Crippen LogP contribution in [0.15, 0.2) is 194 Å². The van der Waals surface area contributed by atoms with Crippen LogP contribution in [-0.4, -0.2) is 4.57 Å². The van der Waals surface area contributed by atoms with Crippen LogP contribution < -0.4 is 10.2 Å². The van der Waals surface area contributed by atoms with E-state index in [4.69, 9.17) is 0 Å². The minimum atomic E-state index is 0.00818. The van der Waals surface area contributed by atoms with Gasteiger partial charge in [-0.3, -0.25) is 0 Å². The molecular weight excluding hydrogens is 607 g/mol. The van der Waals surface area contributed by atoms with Gasteiger partial charge in [0, 0.05) is 33.7 Å². The van der Waals surface area contributed by atoms with Crippen LogP contribution in [0.25, 0.3) is 44.9 Å². The SMILES string of the molecule is C1=CC(c2ccc(N(c3ccccc3)c3ccccc3)cc2)Nc2c1n(-c1ccccc1)c1c(-c3ccccc3)cc(-c3ccccc3)cc21.